The predicted molar refractivity (Wildman–Crippen MR) is 66.8 cm³/mol. The fourth-order valence-electron chi connectivity index (χ4n) is 1.47. The van der Waals surface area contributed by atoms with Gasteiger partial charge in [0.25, 0.3) is 5.91 Å². The molecule has 106 valence electrons. The van der Waals surface area contributed by atoms with Crippen LogP contribution < -0.4 is 5.73 Å². The van der Waals surface area contributed by atoms with Gasteiger partial charge in [0.2, 0.25) is 0 Å². The Morgan fingerprint density at radius 2 is 2.37 bits per heavy atom. The molecule has 0 aliphatic carbocycles. The molecule has 0 aliphatic rings. The number of oxime groups is 1. The fourth-order valence-corrected chi connectivity index (χ4v) is 1.47. The van der Waals surface area contributed by atoms with Crippen molar-refractivity contribution >= 4 is 11.7 Å². The van der Waals surface area contributed by atoms with Crippen LogP contribution in [-0.4, -0.2) is 46.7 Å². The third-order valence-electron chi connectivity index (χ3n) is 2.41. The lowest BCUT2D eigenvalue weighted by atomic mass is 10.2. The number of nitrogens with zero attached hydrogens (tertiary/aromatic N) is 3. The molecule has 0 fully saturated rings. The number of rotatable bonds is 6. The highest BCUT2D eigenvalue weighted by Crippen LogP contribution is 2.10. The molecular formula is C11H18N4O4. The number of carbonyl (C=O) groups is 1. The summed E-state index contributed by atoms with van der Waals surface area (Å²) in [5.41, 5.74) is 5.58. The van der Waals surface area contributed by atoms with E-state index in [1.54, 1.807) is 0 Å². The maximum absolute atomic E-state index is 12.2. The van der Waals surface area contributed by atoms with Crippen LogP contribution in [0.3, 0.4) is 0 Å². The quantitative estimate of drug-likeness (QED) is 0.335. The molecule has 0 aromatic carbocycles. The van der Waals surface area contributed by atoms with Crippen molar-refractivity contribution < 1.29 is 19.3 Å². The molecule has 0 spiro atoms. The van der Waals surface area contributed by atoms with Crippen LogP contribution >= 0.6 is 0 Å². The third kappa shape index (κ3) is 3.95. The van der Waals surface area contributed by atoms with Gasteiger partial charge in [0, 0.05) is 19.2 Å². The van der Waals surface area contributed by atoms with E-state index in [1.165, 1.54) is 18.1 Å². The number of carbonyl (C=O) groups excluding carboxylic acids is 1. The molecule has 1 aromatic heterocycles. The maximum Gasteiger partial charge on any atom is 0.276 e. The minimum Gasteiger partial charge on any atom is -0.409 e. The van der Waals surface area contributed by atoms with Gasteiger partial charge in [0.15, 0.2) is 17.3 Å². The van der Waals surface area contributed by atoms with E-state index in [1.807, 2.05) is 13.8 Å². The minimum absolute atomic E-state index is 0.0134. The highest BCUT2D eigenvalue weighted by atomic mass is 16.5. The number of nitrogens with two attached hydrogens (primary N) is 1. The van der Waals surface area contributed by atoms with E-state index in [0.29, 0.717) is 5.76 Å². The molecule has 0 radical (unpaired) electrons. The van der Waals surface area contributed by atoms with E-state index in [-0.39, 0.29) is 36.6 Å². The van der Waals surface area contributed by atoms with E-state index in [2.05, 4.69) is 10.3 Å². The van der Waals surface area contributed by atoms with Crippen molar-refractivity contribution in [3.05, 3.63) is 17.5 Å². The van der Waals surface area contributed by atoms with Gasteiger partial charge < -0.3 is 25.1 Å². The molecule has 1 amide bonds. The number of hydrogen-bond donors (Lipinski definition) is 2. The Bertz CT molecular complexity index is 455. The number of ether oxygens (including phenoxy) is 1. The molecule has 0 bridgehead atoms. The van der Waals surface area contributed by atoms with E-state index < -0.39 is 0 Å². The van der Waals surface area contributed by atoms with Gasteiger partial charge in [0.1, 0.15) is 6.61 Å². The summed E-state index contributed by atoms with van der Waals surface area (Å²) in [4.78, 5) is 13.6. The SMILES string of the molecule is COCc1cc(C(=O)N(CC(N)=NO)C(C)C)no1. The molecule has 0 atom stereocenters. The van der Waals surface area contributed by atoms with Gasteiger partial charge >= 0.3 is 0 Å². The molecule has 19 heavy (non-hydrogen) atoms. The van der Waals surface area contributed by atoms with Crippen LogP contribution in [0.2, 0.25) is 0 Å². The molecule has 0 unspecified atom stereocenters. The number of amidine groups is 1. The van der Waals surface area contributed by atoms with E-state index in [0.717, 1.165) is 0 Å². The summed E-state index contributed by atoms with van der Waals surface area (Å²) >= 11 is 0. The summed E-state index contributed by atoms with van der Waals surface area (Å²) in [6.07, 6.45) is 0. The summed E-state index contributed by atoms with van der Waals surface area (Å²) in [6, 6.07) is 1.38. The van der Waals surface area contributed by atoms with Crippen molar-refractivity contribution in [1.82, 2.24) is 10.1 Å². The molecule has 3 N–H and O–H groups in total. The first-order valence-corrected chi connectivity index (χ1v) is 5.71. The number of methoxy groups -OCH3 is 1. The standard InChI is InChI=1S/C11H18N4O4/c1-7(2)15(5-10(12)13-17)11(16)9-4-8(6-18-3)19-14-9/h4,7,17H,5-6H2,1-3H3,(H2,12,13). The molecule has 0 aliphatic heterocycles. The first-order chi connectivity index (χ1) is 8.99. The van der Waals surface area contributed by atoms with Gasteiger partial charge in [-0.25, -0.2) is 0 Å². The topological polar surface area (TPSA) is 114 Å². The Morgan fingerprint density at radius 1 is 1.68 bits per heavy atom. The fraction of sp³-hybridized carbons (Fsp3) is 0.545. The molecule has 0 saturated carbocycles. The van der Waals surface area contributed by atoms with Gasteiger partial charge in [-0.2, -0.15) is 0 Å². The number of amides is 1. The zero-order valence-electron chi connectivity index (χ0n) is 11.2. The van der Waals surface area contributed by atoms with E-state index >= 15 is 0 Å². The second-order valence-electron chi connectivity index (χ2n) is 4.23. The van der Waals surface area contributed by atoms with Crippen LogP contribution in [0.25, 0.3) is 0 Å². The molecular weight excluding hydrogens is 252 g/mol. The van der Waals surface area contributed by atoms with E-state index in [4.69, 9.17) is 20.2 Å². The average Bonchev–Trinajstić information content (AvgIpc) is 2.83. The predicted octanol–water partition coefficient (Wildman–Crippen LogP) is 0.418. The summed E-state index contributed by atoms with van der Waals surface area (Å²) in [5, 5.41) is 15.1. The molecule has 8 heteroatoms. The van der Waals surface area contributed by atoms with Crippen molar-refractivity contribution in [2.24, 2.45) is 10.9 Å². The second-order valence-corrected chi connectivity index (χ2v) is 4.23. The number of aromatic nitrogens is 1. The van der Waals surface area contributed by atoms with Crippen LogP contribution in [0.5, 0.6) is 0 Å². The van der Waals surface area contributed by atoms with Crippen molar-refractivity contribution in [3.63, 3.8) is 0 Å². The van der Waals surface area contributed by atoms with Crippen molar-refractivity contribution in [2.75, 3.05) is 13.7 Å². The van der Waals surface area contributed by atoms with Gasteiger partial charge in [-0.1, -0.05) is 10.3 Å². The lowest BCUT2D eigenvalue weighted by molar-refractivity contribution is 0.0723. The largest absolute Gasteiger partial charge is 0.409 e. The maximum atomic E-state index is 12.2. The third-order valence-corrected chi connectivity index (χ3v) is 2.41. The normalized spacial score (nSPS) is 11.9. The van der Waals surface area contributed by atoms with Crippen LogP contribution in [0.4, 0.5) is 0 Å². The summed E-state index contributed by atoms with van der Waals surface area (Å²) < 4.78 is 9.83. The Kier molecular flexibility index (Phi) is 5.31. The lowest BCUT2D eigenvalue weighted by Crippen LogP contribution is -2.43. The molecule has 1 rings (SSSR count). The molecule has 0 saturated heterocycles. The molecule has 1 aromatic rings. The highest BCUT2D eigenvalue weighted by Gasteiger charge is 2.23. The first kappa shape index (κ1) is 15.0. The van der Waals surface area contributed by atoms with Crippen LogP contribution in [0.1, 0.15) is 30.1 Å². The van der Waals surface area contributed by atoms with Gasteiger partial charge in [-0.05, 0) is 13.8 Å². The van der Waals surface area contributed by atoms with Crippen molar-refractivity contribution in [2.45, 2.75) is 26.5 Å². The highest BCUT2D eigenvalue weighted by molar-refractivity contribution is 5.95. The molecule has 1 heterocycles. The summed E-state index contributed by atoms with van der Waals surface area (Å²) in [7, 11) is 1.52. The number of hydrogen-bond acceptors (Lipinski definition) is 6. The first-order valence-electron chi connectivity index (χ1n) is 5.71. The minimum atomic E-state index is -0.354. The zero-order chi connectivity index (χ0) is 14.4. The van der Waals surface area contributed by atoms with Crippen LogP contribution in [-0.2, 0) is 11.3 Å². The molecule has 8 nitrogen and oxygen atoms in total. The summed E-state index contributed by atoms with van der Waals surface area (Å²) in [5.74, 6) is 0.0497. The Labute approximate surface area is 110 Å². The van der Waals surface area contributed by atoms with E-state index in [9.17, 15) is 4.79 Å². The van der Waals surface area contributed by atoms with Crippen LogP contribution in [0, 0.1) is 0 Å². The smallest absolute Gasteiger partial charge is 0.276 e. The summed E-state index contributed by atoms with van der Waals surface area (Å²) in [6.45, 7) is 3.89. The van der Waals surface area contributed by atoms with Gasteiger partial charge in [0.05, 0.1) is 6.54 Å². The lowest BCUT2D eigenvalue weighted by Gasteiger charge is -2.24. The van der Waals surface area contributed by atoms with Crippen molar-refractivity contribution in [3.8, 4) is 0 Å². The van der Waals surface area contributed by atoms with Gasteiger partial charge in [-0.3, -0.25) is 4.79 Å². The average molecular weight is 270 g/mol. The van der Waals surface area contributed by atoms with Gasteiger partial charge in [-0.15, -0.1) is 0 Å². The Balaban J connectivity index is 2.86. The Morgan fingerprint density at radius 3 is 2.89 bits per heavy atom. The monoisotopic (exact) mass is 270 g/mol. The van der Waals surface area contributed by atoms with Crippen LogP contribution in [0.15, 0.2) is 15.7 Å². The second kappa shape index (κ2) is 6.74. The zero-order valence-corrected chi connectivity index (χ0v) is 11.2. The Hall–Kier alpha value is -2.09. The van der Waals surface area contributed by atoms with Crippen molar-refractivity contribution in [1.29, 1.82) is 0 Å².